The summed E-state index contributed by atoms with van der Waals surface area (Å²) in [5, 5.41) is 5.37. The largest absolute Gasteiger partial charge is 0.478 e. The smallest absolute Gasteiger partial charge is 0.266 e. The molecule has 0 spiro atoms. The lowest BCUT2D eigenvalue weighted by atomic mass is 10.1. The number of benzene rings is 2. The molecular formula is C17H15FN2O3. The maximum Gasteiger partial charge on any atom is 0.266 e. The van der Waals surface area contributed by atoms with Crippen LogP contribution in [0.2, 0.25) is 0 Å². The summed E-state index contributed by atoms with van der Waals surface area (Å²) in [6.45, 7) is 1.69. The molecule has 0 aliphatic carbocycles. The summed E-state index contributed by atoms with van der Waals surface area (Å²) in [4.78, 5) is 24.1. The van der Waals surface area contributed by atoms with E-state index in [4.69, 9.17) is 4.74 Å². The quantitative estimate of drug-likeness (QED) is 0.915. The van der Waals surface area contributed by atoms with Gasteiger partial charge in [-0.15, -0.1) is 0 Å². The van der Waals surface area contributed by atoms with Crippen LogP contribution in [-0.4, -0.2) is 17.9 Å². The zero-order valence-corrected chi connectivity index (χ0v) is 12.4. The molecule has 0 radical (unpaired) electrons. The highest BCUT2D eigenvalue weighted by atomic mass is 19.1. The van der Waals surface area contributed by atoms with Crippen molar-refractivity contribution in [3.8, 4) is 5.75 Å². The number of aryl methyl sites for hydroxylation is 1. The molecule has 0 saturated heterocycles. The molecule has 0 bridgehead atoms. The lowest BCUT2D eigenvalue weighted by Crippen LogP contribution is -2.39. The molecule has 6 heteroatoms. The monoisotopic (exact) mass is 314 g/mol. The number of anilines is 2. The van der Waals surface area contributed by atoms with Gasteiger partial charge in [0, 0.05) is 5.69 Å². The Kier molecular flexibility index (Phi) is 3.97. The number of halogens is 1. The van der Waals surface area contributed by atoms with E-state index in [0.29, 0.717) is 22.7 Å². The fourth-order valence-electron chi connectivity index (χ4n) is 2.36. The average molecular weight is 314 g/mol. The molecule has 3 rings (SSSR count). The van der Waals surface area contributed by atoms with Crippen molar-refractivity contribution in [3.63, 3.8) is 0 Å². The molecule has 1 aliphatic rings. The van der Waals surface area contributed by atoms with Crippen LogP contribution in [0.3, 0.4) is 0 Å². The lowest BCUT2D eigenvalue weighted by molar-refractivity contribution is -0.128. The second-order valence-corrected chi connectivity index (χ2v) is 5.30. The summed E-state index contributed by atoms with van der Waals surface area (Å²) in [7, 11) is 0. The Balaban J connectivity index is 1.67. The third-order valence-corrected chi connectivity index (χ3v) is 3.54. The summed E-state index contributed by atoms with van der Waals surface area (Å²) >= 11 is 0. The summed E-state index contributed by atoms with van der Waals surface area (Å²) < 4.78 is 18.6. The van der Waals surface area contributed by atoms with E-state index in [9.17, 15) is 14.0 Å². The minimum Gasteiger partial charge on any atom is -0.478 e. The number of nitrogens with one attached hydrogen (secondary N) is 2. The summed E-state index contributed by atoms with van der Waals surface area (Å²) in [5.41, 5.74) is 1.70. The molecule has 1 atom stereocenters. The molecule has 2 amide bonds. The van der Waals surface area contributed by atoms with Crippen LogP contribution in [0.5, 0.6) is 5.75 Å². The highest BCUT2D eigenvalue weighted by Gasteiger charge is 2.29. The maximum absolute atomic E-state index is 13.1. The number of hydrogen-bond donors (Lipinski definition) is 2. The van der Waals surface area contributed by atoms with E-state index in [1.165, 1.54) is 18.2 Å². The van der Waals surface area contributed by atoms with Gasteiger partial charge in [-0.05, 0) is 42.8 Å². The van der Waals surface area contributed by atoms with Gasteiger partial charge < -0.3 is 15.4 Å². The predicted octanol–water partition coefficient (Wildman–Crippen LogP) is 2.86. The normalized spacial score (nSPS) is 16.1. The number of rotatable bonds is 3. The fourth-order valence-corrected chi connectivity index (χ4v) is 2.36. The first kappa shape index (κ1) is 15.0. The number of para-hydroxylation sites is 2. The van der Waals surface area contributed by atoms with E-state index >= 15 is 0 Å². The van der Waals surface area contributed by atoms with Gasteiger partial charge in [0.15, 0.2) is 6.10 Å². The molecule has 1 aliphatic heterocycles. The first-order valence-electron chi connectivity index (χ1n) is 7.15. The summed E-state index contributed by atoms with van der Waals surface area (Å²) in [6.07, 6.45) is -1.03. The van der Waals surface area contributed by atoms with Crippen molar-refractivity contribution < 1.29 is 18.7 Å². The van der Waals surface area contributed by atoms with Crippen LogP contribution in [0.15, 0.2) is 42.5 Å². The third-order valence-electron chi connectivity index (χ3n) is 3.54. The second kappa shape index (κ2) is 6.08. The fraction of sp³-hybridized carbons (Fsp3) is 0.176. The Morgan fingerprint density at radius 1 is 1.30 bits per heavy atom. The van der Waals surface area contributed by atoms with E-state index in [1.807, 2.05) is 0 Å². The van der Waals surface area contributed by atoms with Crippen LogP contribution in [0.1, 0.15) is 12.0 Å². The van der Waals surface area contributed by atoms with Crippen molar-refractivity contribution in [2.45, 2.75) is 19.4 Å². The van der Waals surface area contributed by atoms with Crippen molar-refractivity contribution in [1.29, 1.82) is 0 Å². The Morgan fingerprint density at radius 2 is 2.09 bits per heavy atom. The minimum absolute atomic E-state index is 0.128. The van der Waals surface area contributed by atoms with Gasteiger partial charge >= 0.3 is 0 Å². The van der Waals surface area contributed by atoms with Gasteiger partial charge in [0.05, 0.1) is 12.1 Å². The SMILES string of the molecule is Cc1cc(F)ccc1NC(=O)C[C@@H]1Oc2ccccc2NC1=O. The Labute approximate surface area is 132 Å². The number of carbonyl (C=O) groups is 2. The Morgan fingerprint density at radius 3 is 2.87 bits per heavy atom. The molecule has 2 aromatic carbocycles. The number of hydrogen-bond acceptors (Lipinski definition) is 3. The highest BCUT2D eigenvalue weighted by Crippen LogP contribution is 2.29. The highest BCUT2D eigenvalue weighted by molar-refractivity contribution is 6.02. The standard InChI is InChI=1S/C17H15FN2O3/c1-10-8-11(18)6-7-12(10)19-16(21)9-15-17(22)20-13-4-2-3-5-14(13)23-15/h2-8,15H,9H2,1H3,(H,19,21)(H,20,22)/t15-/m0/s1. The van der Waals surface area contributed by atoms with Gasteiger partial charge in [-0.2, -0.15) is 0 Å². The lowest BCUT2D eigenvalue weighted by Gasteiger charge is -2.25. The van der Waals surface area contributed by atoms with Crippen LogP contribution >= 0.6 is 0 Å². The van der Waals surface area contributed by atoms with E-state index in [-0.39, 0.29) is 24.1 Å². The number of amides is 2. The van der Waals surface area contributed by atoms with Crippen LogP contribution < -0.4 is 15.4 Å². The Hall–Kier alpha value is -2.89. The molecule has 0 aromatic heterocycles. The molecule has 2 aromatic rings. The second-order valence-electron chi connectivity index (χ2n) is 5.30. The maximum atomic E-state index is 13.1. The van der Waals surface area contributed by atoms with Crippen molar-refractivity contribution >= 4 is 23.2 Å². The van der Waals surface area contributed by atoms with E-state index in [0.717, 1.165) is 0 Å². The third kappa shape index (κ3) is 3.31. The first-order valence-corrected chi connectivity index (χ1v) is 7.15. The first-order chi connectivity index (χ1) is 11.0. The minimum atomic E-state index is -0.898. The average Bonchev–Trinajstić information content (AvgIpc) is 2.51. The van der Waals surface area contributed by atoms with E-state index in [1.54, 1.807) is 31.2 Å². The van der Waals surface area contributed by atoms with Crippen molar-refractivity contribution in [2.75, 3.05) is 10.6 Å². The van der Waals surface area contributed by atoms with Gasteiger partial charge in [0.1, 0.15) is 11.6 Å². The van der Waals surface area contributed by atoms with Gasteiger partial charge in [0.25, 0.3) is 5.91 Å². The predicted molar refractivity (Wildman–Crippen MR) is 83.9 cm³/mol. The number of ether oxygens (including phenoxy) is 1. The van der Waals surface area contributed by atoms with Crippen molar-refractivity contribution in [3.05, 3.63) is 53.8 Å². The molecule has 118 valence electrons. The molecule has 0 saturated carbocycles. The number of fused-ring (bicyclic) bond motifs is 1. The van der Waals surface area contributed by atoms with Crippen LogP contribution in [0.4, 0.5) is 15.8 Å². The zero-order chi connectivity index (χ0) is 16.4. The van der Waals surface area contributed by atoms with E-state index in [2.05, 4.69) is 10.6 Å². The van der Waals surface area contributed by atoms with Crippen molar-refractivity contribution in [1.82, 2.24) is 0 Å². The van der Waals surface area contributed by atoms with Crippen molar-refractivity contribution in [2.24, 2.45) is 0 Å². The van der Waals surface area contributed by atoms with Gasteiger partial charge in [0.2, 0.25) is 5.91 Å². The summed E-state index contributed by atoms with van der Waals surface area (Å²) in [6, 6.07) is 11.1. The molecular weight excluding hydrogens is 299 g/mol. The zero-order valence-electron chi connectivity index (χ0n) is 12.4. The van der Waals surface area contributed by atoms with Gasteiger partial charge in [-0.25, -0.2) is 4.39 Å². The topological polar surface area (TPSA) is 67.4 Å². The van der Waals surface area contributed by atoms with Gasteiger partial charge in [-0.3, -0.25) is 9.59 Å². The summed E-state index contributed by atoms with van der Waals surface area (Å²) in [5.74, 6) is -0.580. The molecule has 5 nitrogen and oxygen atoms in total. The van der Waals surface area contributed by atoms with Gasteiger partial charge in [-0.1, -0.05) is 12.1 Å². The molecule has 1 heterocycles. The molecule has 0 fully saturated rings. The number of carbonyl (C=O) groups excluding carboxylic acids is 2. The van der Waals surface area contributed by atoms with Crippen LogP contribution in [-0.2, 0) is 9.59 Å². The molecule has 23 heavy (non-hydrogen) atoms. The molecule has 2 N–H and O–H groups in total. The van der Waals surface area contributed by atoms with Crippen LogP contribution in [0, 0.1) is 12.7 Å². The van der Waals surface area contributed by atoms with Crippen LogP contribution in [0.25, 0.3) is 0 Å². The van der Waals surface area contributed by atoms with E-state index < -0.39 is 6.10 Å². The molecule has 0 unspecified atom stereocenters. The Bertz CT molecular complexity index is 776.